The van der Waals surface area contributed by atoms with E-state index in [-0.39, 0.29) is 0 Å². The monoisotopic (exact) mass is 324 g/mol. The SMILES string of the molecule is COc1ccc(CN2CCN[C@H](c3ccccc3C(C)C)C2)cc1. The average Bonchev–Trinajstić information content (AvgIpc) is 2.62. The van der Waals surface area contributed by atoms with Crippen LogP contribution >= 0.6 is 0 Å². The van der Waals surface area contributed by atoms with Crippen LogP contribution in [0.4, 0.5) is 0 Å². The van der Waals surface area contributed by atoms with Gasteiger partial charge < -0.3 is 10.1 Å². The van der Waals surface area contributed by atoms with Crippen molar-refractivity contribution in [2.24, 2.45) is 0 Å². The number of hydrogen-bond acceptors (Lipinski definition) is 3. The largest absolute Gasteiger partial charge is 0.497 e. The summed E-state index contributed by atoms with van der Waals surface area (Å²) in [4.78, 5) is 2.54. The molecule has 3 nitrogen and oxygen atoms in total. The second kappa shape index (κ2) is 7.82. The highest BCUT2D eigenvalue weighted by Gasteiger charge is 2.23. The van der Waals surface area contributed by atoms with E-state index in [1.54, 1.807) is 7.11 Å². The molecule has 3 rings (SSSR count). The maximum absolute atomic E-state index is 5.25. The summed E-state index contributed by atoms with van der Waals surface area (Å²) in [6, 6.07) is 17.7. The van der Waals surface area contributed by atoms with Gasteiger partial charge in [0, 0.05) is 32.2 Å². The Bertz CT molecular complexity index is 651. The molecule has 1 atom stereocenters. The van der Waals surface area contributed by atoms with Crippen molar-refractivity contribution < 1.29 is 4.74 Å². The van der Waals surface area contributed by atoms with Gasteiger partial charge in [0.1, 0.15) is 5.75 Å². The molecule has 2 aromatic rings. The van der Waals surface area contributed by atoms with Gasteiger partial charge >= 0.3 is 0 Å². The molecule has 24 heavy (non-hydrogen) atoms. The van der Waals surface area contributed by atoms with Crippen molar-refractivity contribution in [3.05, 3.63) is 65.2 Å². The van der Waals surface area contributed by atoms with Crippen LogP contribution in [0.15, 0.2) is 48.5 Å². The molecule has 0 bridgehead atoms. The van der Waals surface area contributed by atoms with Gasteiger partial charge in [-0.1, -0.05) is 50.2 Å². The summed E-state index contributed by atoms with van der Waals surface area (Å²) in [5, 5.41) is 3.70. The van der Waals surface area contributed by atoms with E-state index in [1.807, 2.05) is 12.1 Å². The minimum absolute atomic E-state index is 0.413. The van der Waals surface area contributed by atoms with E-state index in [9.17, 15) is 0 Å². The third-order valence-corrected chi connectivity index (χ3v) is 4.82. The van der Waals surface area contributed by atoms with Crippen LogP contribution in [-0.2, 0) is 6.54 Å². The predicted molar refractivity (Wildman–Crippen MR) is 99.5 cm³/mol. The maximum atomic E-state index is 5.25. The van der Waals surface area contributed by atoms with E-state index >= 15 is 0 Å². The van der Waals surface area contributed by atoms with Crippen molar-refractivity contribution in [3.8, 4) is 5.75 Å². The second-order valence-electron chi connectivity index (χ2n) is 6.87. The summed E-state index contributed by atoms with van der Waals surface area (Å²) in [5.74, 6) is 1.47. The van der Waals surface area contributed by atoms with Crippen LogP contribution < -0.4 is 10.1 Å². The van der Waals surface area contributed by atoms with Crippen LogP contribution in [0.2, 0.25) is 0 Å². The zero-order valence-corrected chi connectivity index (χ0v) is 15.0. The fourth-order valence-corrected chi connectivity index (χ4v) is 3.51. The van der Waals surface area contributed by atoms with Crippen molar-refractivity contribution in [2.75, 3.05) is 26.7 Å². The van der Waals surface area contributed by atoms with E-state index in [4.69, 9.17) is 4.74 Å². The molecule has 128 valence electrons. The van der Waals surface area contributed by atoms with Crippen LogP contribution in [0.1, 0.15) is 42.5 Å². The first-order valence-corrected chi connectivity index (χ1v) is 8.85. The Labute approximate surface area is 145 Å². The molecule has 1 fully saturated rings. The first-order chi connectivity index (χ1) is 11.7. The van der Waals surface area contributed by atoms with Crippen LogP contribution in [0.3, 0.4) is 0 Å². The second-order valence-corrected chi connectivity index (χ2v) is 6.87. The fourth-order valence-electron chi connectivity index (χ4n) is 3.51. The highest BCUT2D eigenvalue weighted by molar-refractivity contribution is 5.33. The highest BCUT2D eigenvalue weighted by atomic mass is 16.5. The number of hydrogen-bond donors (Lipinski definition) is 1. The Kier molecular flexibility index (Phi) is 5.54. The Morgan fingerprint density at radius 3 is 2.58 bits per heavy atom. The van der Waals surface area contributed by atoms with Gasteiger partial charge in [0.05, 0.1) is 7.11 Å². The number of ether oxygens (including phenoxy) is 1. The molecule has 1 saturated heterocycles. The molecule has 1 aliphatic rings. The van der Waals surface area contributed by atoms with E-state index in [2.05, 4.69) is 60.5 Å². The lowest BCUT2D eigenvalue weighted by Crippen LogP contribution is -2.45. The first kappa shape index (κ1) is 17.0. The predicted octanol–water partition coefficient (Wildman–Crippen LogP) is 3.97. The van der Waals surface area contributed by atoms with Gasteiger partial charge in [-0.2, -0.15) is 0 Å². The minimum Gasteiger partial charge on any atom is -0.497 e. The Hall–Kier alpha value is -1.84. The molecule has 1 aliphatic heterocycles. The Balaban J connectivity index is 1.70. The number of nitrogens with zero attached hydrogens (tertiary/aromatic N) is 1. The minimum atomic E-state index is 0.413. The molecule has 0 amide bonds. The average molecular weight is 324 g/mol. The molecule has 3 heteroatoms. The molecule has 0 aliphatic carbocycles. The summed E-state index contributed by atoms with van der Waals surface area (Å²) >= 11 is 0. The fraction of sp³-hybridized carbons (Fsp3) is 0.429. The van der Waals surface area contributed by atoms with Gasteiger partial charge in [0.25, 0.3) is 0 Å². The molecule has 2 aromatic carbocycles. The van der Waals surface area contributed by atoms with E-state index in [0.29, 0.717) is 12.0 Å². The zero-order valence-electron chi connectivity index (χ0n) is 15.0. The normalized spacial score (nSPS) is 18.8. The topological polar surface area (TPSA) is 24.5 Å². The van der Waals surface area contributed by atoms with Crippen molar-refractivity contribution >= 4 is 0 Å². The van der Waals surface area contributed by atoms with Crippen LogP contribution in [-0.4, -0.2) is 31.6 Å². The van der Waals surface area contributed by atoms with E-state index in [0.717, 1.165) is 31.9 Å². The van der Waals surface area contributed by atoms with Gasteiger partial charge in [-0.3, -0.25) is 4.90 Å². The summed E-state index contributed by atoms with van der Waals surface area (Å²) in [6.07, 6.45) is 0. The molecular weight excluding hydrogens is 296 g/mol. The molecule has 0 unspecified atom stereocenters. The molecule has 0 aromatic heterocycles. The summed E-state index contributed by atoms with van der Waals surface area (Å²) in [7, 11) is 1.71. The maximum Gasteiger partial charge on any atom is 0.118 e. The summed E-state index contributed by atoms with van der Waals surface area (Å²) < 4.78 is 5.25. The standard InChI is InChI=1S/C21H28N2O/c1-16(2)19-6-4-5-7-20(19)21-15-23(13-12-22-21)14-17-8-10-18(24-3)11-9-17/h4-11,16,21-22H,12-15H2,1-3H3/t21-/m0/s1. The van der Waals surface area contributed by atoms with Gasteiger partial charge in [0.15, 0.2) is 0 Å². The zero-order chi connectivity index (χ0) is 16.9. The van der Waals surface area contributed by atoms with E-state index < -0.39 is 0 Å². The molecule has 1 heterocycles. The quantitative estimate of drug-likeness (QED) is 0.901. The molecule has 1 N–H and O–H groups in total. The number of rotatable bonds is 5. The lowest BCUT2D eigenvalue weighted by molar-refractivity contribution is 0.192. The smallest absolute Gasteiger partial charge is 0.118 e. The van der Waals surface area contributed by atoms with Crippen LogP contribution in [0, 0.1) is 0 Å². The Morgan fingerprint density at radius 1 is 1.12 bits per heavy atom. The van der Waals surface area contributed by atoms with Crippen molar-refractivity contribution in [1.82, 2.24) is 10.2 Å². The van der Waals surface area contributed by atoms with Gasteiger partial charge in [0.2, 0.25) is 0 Å². The molecule has 0 radical (unpaired) electrons. The third-order valence-electron chi connectivity index (χ3n) is 4.82. The molecular formula is C21H28N2O. The molecule has 0 saturated carbocycles. The van der Waals surface area contributed by atoms with E-state index in [1.165, 1.54) is 16.7 Å². The number of methoxy groups -OCH3 is 1. The van der Waals surface area contributed by atoms with Crippen molar-refractivity contribution in [2.45, 2.75) is 32.4 Å². The summed E-state index contributed by atoms with van der Waals surface area (Å²) in [5.41, 5.74) is 4.25. The Morgan fingerprint density at radius 2 is 1.88 bits per heavy atom. The van der Waals surface area contributed by atoms with Gasteiger partial charge in [-0.15, -0.1) is 0 Å². The van der Waals surface area contributed by atoms with Gasteiger partial charge in [-0.25, -0.2) is 0 Å². The van der Waals surface area contributed by atoms with Crippen molar-refractivity contribution in [1.29, 1.82) is 0 Å². The lowest BCUT2D eigenvalue weighted by Gasteiger charge is -2.35. The lowest BCUT2D eigenvalue weighted by atomic mass is 9.92. The first-order valence-electron chi connectivity index (χ1n) is 8.85. The number of benzene rings is 2. The van der Waals surface area contributed by atoms with Crippen molar-refractivity contribution in [3.63, 3.8) is 0 Å². The number of nitrogens with one attached hydrogen (secondary N) is 1. The third kappa shape index (κ3) is 3.97. The van der Waals surface area contributed by atoms with Gasteiger partial charge in [-0.05, 0) is 34.7 Å². The number of piperazine rings is 1. The highest BCUT2D eigenvalue weighted by Crippen LogP contribution is 2.27. The summed E-state index contributed by atoms with van der Waals surface area (Å²) in [6.45, 7) is 8.72. The van der Waals surface area contributed by atoms with Crippen LogP contribution in [0.5, 0.6) is 5.75 Å². The van der Waals surface area contributed by atoms with Crippen LogP contribution in [0.25, 0.3) is 0 Å². The molecule has 0 spiro atoms.